The smallest absolute Gasteiger partial charge is 0.0693 e. The number of hydrogen-bond donors (Lipinski definition) is 1. The minimum atomic E-state index is -0.517. The van der Waals surface area contributed by atoms with Crippen LogP contribution >= 0.6 is 17.4 Å². The van der Waals surface area contributed by atoms with Crippen LogP contribution in [0.2, 0.25) is 0 Å². The Morgan fingerprint density at radius 2 is 1.96 bits per heavy atom. The Bertz CT molecular complexity index is 459. The molecule has 0 heterocycles. The van der Waals surface area contributed by atoms with Gasteiger partial charge in [0.15, 0.2) is 0 Å². The Labute approximate surface area is 153 Å². The number of aliphatic hydroxyl groups is 1. The predicted octanol–water partition coefficient (Wildman–Crippen LogP) is 6.11. The highest BCUT2D eigenvalue weighted by Crippen LogP contribution is 2.62. The van der Waals surface area contributed by atoms with E-state index < -0.39 is 5.60 Å². The van der Waals surface area contributed by atoms with E-state index in [9.17, 15) is 5.11 Å². The van der Waals surface area contributed by atoms with Crippen LogP contribution in [-0.2, 0) is 4.52 Å². The first-order chi connectivity index (χ1) is 11.1. The first-order valence-corrected chi connectivity index (χ1v) is 12.3. The molecule has 2 saturated carbocycles. The maximum atomic E-state index is 11.2. The summed E-state index contributed by atoms with van der Waals surface area (Å²) in [6.45, 7) is 12.4. The van der Waals surface area contributed by atoms with Crippen LogP contribution in [0.5, 0.6) is 0 Å². The average molecular weight is 372 g/mol. The maximum absolute atomic E-state index is 11.2. The Kier molecular flexibility index (Phi) is 6.98. The number of rotatable bonds is 6. The molecule has 6 unspecified atom stereocenters. The van der Waals surface area contributed by atoms with Gasteiger partial charge in [-0.25, -0.2) is 0 Å². The number of fused-ring (bicyclic) bond motifs is 1. The topological polar surface area (TPSA) is 29.5 Å². The summed E-state index contributed by atoms with van der Waals surface area (Å²) < 4.78 is 5.43. The molecule has 0 radical (unpaired) electrons. The summed E-state index contributed by atoms with van der Waals surface area (Å²) in [7, 11) is 3.10. The molecular weight excluding hydrogens is 334 g/mol. The lowest BCUT2D eigenvalue weighted by molar-refractivity contribution is -0.168. The van der Waals surface area contributed by atoms with Gasteiger partial charge in [0.1, 0.15) is 0 Å². The quantitative estimate of drug-likeness (QED) is 0.346. The lowest BCUT2D eigenvalue weighted by Gasteiger charge is -2.61. The van der Waals surface area contributed by atoms with Crippen LogP contribution in [0, 0.1) is 22.7 Å². The molecule has 0 spiro atoms. The third-order valence-electron chi connectivity index (χ3n) is 7.19. The van der Waals surface area contributed by atoms with Crippen LogP contribution in [0.3, 0.4) is 0 Å². The third-order valence-corrected chi connectivity index (χ3v) is 8.02. The molecule has 0 bridgehead atoms. The van der Waals surface area contributed by atoms with Gasteiger partial charge in [0, 0.05) is 8.50 Å². The van der Waals surface area contributed by atoms with Crippen molar-refractivity contribution in [2.75, 3.05) is 6.61 Å². The van der Waals surface area contributed by atoms with E-state index in [1.165, 1.54) is 31.3 Å². The van der Waals surface area contributed by atoms with Gasteiger partial charge in [0.05, 0.1) is 12.2 Å². The monoisotopic (exact) mass is 372 g/mol. The van der Waals surface area contributed by atoms with Gasteiger partial charge >= 0.3 is 0 Å². The molecular formula is C20H38O2P2. The van der Waals surface area contributed by atoms with Gasteiger partial charge in [0.2, 0.25) is 0 Å². The summed E-state index contributed by atoms with van der Waals surface area (Å²) in [6, 6.07) is 0. The van der Waals surface area contributed by atoms with E-state index in [0.29, 0.717) is 26.4 Å². The van der Waals surface area contributed by atoms with Crippen LogP contribution in [0.1, 0.15) is 79.6 Å². The van der Waals surface area contributed by atoms with Crippen LogP contribution in [0.4, 0.5) is 0 Å². The van der Waals surface area contributed by atoms with E-state index >= 15 is 0 Å². The first-order valence-electron chi connectivity index (χ1n) is 9.59. The van der Waals surface area contributed by atoms with E-state index in [1.807, 2.05) is 0 Å². The molecule has 2 fully saturated rings. The van der Waals surface area contributed by atoms with E-state index in [4.69, 9.17) is 4.52 Å². The van der Waals surface area contributed by atoms with Gasteiger partial charge in [-0.2, -0.15) is 0 Å². The van der Waals surface area contributed by atoms with Gasteiger partial charge in [-0.3, -0.25) is 0 Å². The lowest BCUT2D eigenvalue weighted by atomic mass is 9.45. The molecule has 2 nitrogen and oxygen atoms in total. The molecule has 2 rings (SSSR count). The Morgan fingerprint density at radius 3 is 2.62 bits per heavy atom. The zero-order valence-corrected chi connectivity index (χ0v) is 18.5. The molecule has 24 heavy (non-hydrogen) atoms. The van der Waals surface area contributed by atoms with Crippen molar-refractivity contribution in [1.82, 2.24) is 0 Å². The predicted molar refractivity (Wildman–Crippen MR) is 110 cm³/mol. The van der Waals surface area contributed by atoms with Crippen molar-refractivity contribution in [2.45, 2.75) is 85.2 Å². The third kappa shape index (κ3) is 4.43. The zero-order chi connectivity index (χ0) is 18.0. The molecule has 0 amide bonds. The van der Waals surface area contributed by atoms with E-state index in [0.717, 1.165) is 25.2 Å². The number of allylic oxidation sites excluding steroid dienone is 1. The van der Waals surface area contributed by atoms with Crippen molar-refractivity contribution in [2.24, 2.45) is 22.7 Å². The molecule has 140 valence electrons. The van der Waals surface area contributed by atoms with Crippen molar-refractivity contribution < 1.29 is 9.63 Å². The average Bonchev–Trinajstić information content (AvgIpc) is 2.45. The summed E-state index contributed by atoms with van der Waals surface area (Å²) in [5.74, 6) is 1.14. The van der Waals surface area contributed by atoms with Crippen molar-refractivity contribution in [3.05, 3.63) is 11.6 Å². The van der Waals surface area contributed by atoms with Gasteiger partial charge in [0.25, 0.3) is 0 Å². The minimum Gasteiger partial charge on any atom is -0.390 e. The van der Waals surface area contributed by atoms with Gasteiger partial charge in [-0.1, -0.05) is 47.8 Å². The van der Waals surface area contributed by atoms with Gasteiger partial charge < -0.3 is 9.63 Å². The second-order valence-electron chi connectivity index (χ2n) is 9.37. The summed E-state index contributed by atoms with van der Waals surface area (Å²) in [6.07, 6.45) is 10.5. The highest BCUT2D eigenvalue weighted by Gasteiger charge is 2.57. The van der Waals surface area contributed by atoms with E-state index in [-0.39, 0.29) is 5.41 Å². The van der Waals surface area contributed by atoms with Crippen molar-refractivity contribution >= 4 is 17.4 Å². The second kappa shape index (κ2) is 8.04. The largest absolute Gasteiger partial charge is 0.390 e. The molecule has 2 aliphatic carbocycles. The van der Waals surface area contributed by atoms with Crippen LogP contribution < -0.4 is 0 Å². The van der Waals surface area contributed by atoms with Crippen molar-refractivity contribution in [1.29, 1.82) is 0 Å². The highest BCUT2D eigenvalue weighted by molar-refractivity contribution is 8.00. The highest BCUT2D eigenvalue weighted by atomic mass is 32.0. The maximum Gasteiger partial charge on any atom is 0.0693 e. The van der Waals surface area contributed by atoms with Crippen LogP contribution in [0.15, 0.2) is 11.6 Å². The molecule has 4 heteroatoms. The Hall–Kier alpha value is 0.520. The SMILES string of the molecule is C/C(=C\COPP)CCC1C(C)(O)CCC2C(C)(C)CCCC21C. The fourth-order valence-corrected chi connectivity index (χ4v) is 6.44. The van der Waals surface area contributed by atoms with Crippen molar-refractivity contribution in [3.8, 4) is 0 Å². The van der Waals surface area contributed by atoms with Crippen molar-refractivity contribution in [3.63, 3.8) is 0 Å². The fraction of sp³-hybridized carbons (Fsp3) is 0.900. The Balaban J connectivity index is 2.13. The lowest BCUT2D eigenvalue weighted by Crippen LogP contribution is -2.57. The molecule has 2 aliphatic rings. The van der Waals surface area contributed by atoms with E-state index in [1.54, 1.807) is 0 Å². The molecule has 0 aromatic heterocycles. The van der Waals surface area contributed by atoms with Crippen LogP contribution in [0.25, 0.3) is 0 Å². The van der Waals surface area contributed by atoms with Gasteiger partial charge in [-0.15, -0.1) is 0 Å². The normalized spacial score (nSPS) is 40.0. The molecule has 6 atom stereocenters. The molecule has 0 aromatic rings. The standard InChI is InChI=1S/C20H38O2P2/c1-15(10-14-22-24-23)7-8-17-19(4)12-6-11-18(2,3)16(19)9-13-20(17,5)21/h10,16-17,21,24H,6-9,11-14,23H2,1-5H3/b15-10+. The summed E-state index contributed by atoms with van der Waals surface area (Å²) in [5, 5.41) is 11.2. The van der Waals surface area contributed by atoms with E-state index in [2.05, 4.69) is 49.6 Å². The molecule has 0 aliphatic heterocycles. The summed E-state index contributed by atoms with van der Waals surface area (Å²) in [5.41, 5.74) is 1.58. The summed E-state index contributed by atoms with van der Waals surface area (Å²) >= 11 is 0. The summed E-state index contributed by atoms with van der Waals surface area (Å²) in [4.78, 5) is 0. The first kappa shape index (κ1) is 20.8. The molecule has 0 saturated heterocycles. The number of hydrogen-bond acceptors (Lipinski definition) is 2. The van der Waals surface area contributed by atoms with Crippen LogP contribution in [-0.4, -0.2) is 17.3 Å². The second-order valence-corrected chi connectivity index (χ2v) is 10.6. The zero-order valence-electron chi connectivity index (χ0n) is 16.3. The fourth-order valence-electron chi connectivity index (χ4n) is 5.97. The molecule has 1 N–H and O–H groups in total. The van der Waals surface area contributed by atoms with Gasteiger partial charge in [-0.05, 0) is 75.0 Å². The minimum absolute atomic E-state index is 0.279. The Morgan fingerprint density at radius 1 is 1.25 bits per heavy atom. The molecule has 0 aromatic carbocycles.